The summed E-state index contributed by atoms with van der Waals surface area (Å²) in [6.45, 7) is 3.21. The van der Waals surface area contributed by atoms with Gasteiger partial charge in [-0.2, -0.15) is 20.4 Å². The summed E-state index contributed by atoms with van der Waals surface area (Å²) in [5.74, 6) is 0.225. The van der Waals surface area contributed by atoms with E-state index in [1.165, 1.54) is 0 Å². The van der Waals surface area contributed by atoms with E-state index in [0.717, 1.165) is 0 Å². The minimum absolute atomic E-state index is 0.225. The lowest BCUT2D eigenvalue weighted by atomic mass is 10.5. The molecule has 3 N–H and O–H groups in total. The summed E-state index contributed by atoms with van der Waals surface area (Å²) in [7, 11) is 0. The first-order valence-corrected chi connectivity index (χ1v) is 3.34. The van der Waals surface area contributed by atoms with Crippen LogP contribution in [0.3, 0.4) is 0 Å². The van der Waals surface area contributed by atoms with Crippen molar-refractivity contribution in [2.24, 2.45) is 5.10 Å². The molecule has 0 aliphatic rings. The van der Waals surface area contributed by atoms with Gasteiger partial charge >= 0.3 is 5.69 Å². The summed E-state index contributed by atoms with van der Waals surface area (Å²) in [4.78, 5) is 16.9. The van der Waals surface area contributed by atoms with Crippen molar-refractivity contribution in [3.8, 4) is 0 Å². The molecule has 2 rings (SSSR count). The molecule has 8 heteroatoms. The number of anilines is 1. The van der Waals surface area contributed by atoms with Crippen molar-refractivity contribution in [1.29, 1.82) is 0 Å². The minimum Gasteiger partial charge on any atom is -0.287 e. The van der Waals surface area contributed by atoms with Crippen molar-refractivity contribution in [3.63, 3.8) is 0 Å². The van der Waals surface area contributed by atoms with Crippen molar-refractivity contribution < 1.29 is 0 Å². The summed E-state index contributed by atoms with van der Waals surface area (Å²) in [6.07, 6.45) is 0. The maximum absolute atomic E-state index is 10.9. The lowest BCUT2D eigenvalue weighted by Gasteiger charge is -1.95. The zero-order chi connectivity index (χ0) is 9.26. The number of hydrogen-bond donors (Lipinski definition) is 3. The van der Waals surface area contributed by atoms with Crippen LogP contribution in [-0.2, 0) is 0 Å². The van der Waals surface area contributed by atoms with E-state index in [0.29, 0.717) is 11.2 Å². The normalized spacial score (nSPS) is 10.2. The number of H-pyrrole nitrogens is 2. The van der Waals surface area contributed by atoms with Gasteiger partial charge < -0.3 is 0 Å². The molecule has 0 fully saturated rings. The molecular weight excluding hydrogens is 174 g/mol. The van der Waals surface area contributed by atoms with Gasteiger partial charge in [0, 0.05) is 6.72 Å². The average Bonchev–Trinajstić information content (AvgIpc) is 2.52. The summed E-state index contributed by atoms with van der Waals surface area (Å²) in [5.41, 5.74) is 2.65. The third-order valence-corrected chi connectivity index (χ3v) is 1.40. The Morgan fingerprint density at radius 1 is 1.46 bits per heavy atom. The SMILES string of the molecule is C=NNc1nc(=O)[nH]c2n[nH]nc12. The zero-order valence-corrected chi connectivity index (χ0v) is 6.40. The molecule has 0 saturated heterocycles. The molecule has 2 aromatic rings. The Morgan fingerprint density at radius 2 is 2.31 bits per heavy atom. The highest BCUT2D eigenvalue weighted by Crippen LogP contribution is 2.10. The maximum atomic E-state index is 10.9. The van der Waals surface area contributed by atoms with Crippen molar-refractivity contribution in [2.45, 2.75) is 0 Å². The van der Waals surface area contributed by atoms with Crippen LogP contribution in [0.15, 0.2) is 9.90 Å². The molecule has 0 spiro atoms. The first-order valence-electron chi connectivity index (χ1n) is 3.34. The molecule has 0 aromatic carbocycles. The Bertz CT molecular complexity index is 497. The molecule has 2 heterocycles. The smallest absolute Gasteiger partial charge is 0.287 e. The van der Waals surface area contributed by atoms with E-state index in [1.807, 2.05) is 0 Å². The fourth-order valence-electron chi connectivity index (χ4n) is 0.920. The molecule has 0 saturated carbocycles. The lowest BCUT2D eigenvalue weighted by molar-refractivity contribution is 0.953. The second-order valence-electron chi connectivity index (χ2n) is 2.18. The summed E-state index contributed by atoms with van der Waals surface area (Å²) in [6, 6.07) is 0. The Balaban J connectivity index is 2.76. The van der Waals surface area contributed by atoms with Gasteiger partial charge in [-0.05, 0) is 0 Å². The van der Waals surface area contributed by atoms with Crippen molar-refractivity contribution in [3.05, 3.63) is 10.5 Å². The molecule has 0 aliphatic carbocycles. The lowest BCUT2D eigenvalue weighted by Crippen LogP contribution is -2.12. The molecule has 0 bridgehead atoms. The van der Waals surface area contributed by atoms with E-state index in [9.17, 15) is 4.79 Å². The number of fused-ring (bicyclic) bond motifs is 1. The summed E-state index contributed by atoms with van der Waals surface area (Å²) in [5, 5.41) is 13.2. The van der Waals surface area contributed by atoms with Crippen LogP contribution in [0, 0.1) is 0 Å². The molecule has 0 atom stereocenters. The highest BCUT2D eigenvalue weighted by molar-refractivity contribution is 5.81. The molecule has 0 unspecified atom stereocenters. The molecular formula is C5H5N7O. The Hall–Kier alpha value is -2.25. The van der Waals surface area contributed by atoms with Gasteiger partial charge in [0.25, 0.3) is 0 Å². The van der Waals surface area contributed by atoms with E-state index in [2.05, 4.69) is 42.6 Å². The fourth-order valence-corrected chi connectivity index (χ4v) is 0.920. The van der Waals surface area contributed by atoms with Crippen molar-refractivity contribution in [2.75, 3.05) is 5.43 Å². The molecule has 0 amide bonds. The second kappa shape index (κ2) is 2.66. The van der Waals surface area contributed by atoms with Crippen molar-refractivity contribution >= 4 is 23.7 Å². The molecule has 66 valence electrons. The number of aromatic amines is 2. The van der Waals surface area contributed by atoms with Gasteiger partial charge in [-0.15, -0.1) is 5.10 Å². The largest absolute Gasteiger partial charge is 0.348 e. The van der Waals surface area contributed by atoms with Crippen LogP contribution in [0.2, 0.25) is 0 Å². The van der Waals surface area contributed by atoms with Crippen LogP contribution in [-0.4, -0.2) is 32.1 Å². The predicted octanol–water partition coefficient (Wildman–Crippen LogP) is -0.931. The first kappa shape index (κ1) is 7.40. The number of rotatable bonds is 2. The van der Waals surface area contributed by atoms with Crippen LogP contribution in [0.1, 0.15) is 0 Å². The van der Waals surface area contributed by atoms with Gasteiger partial charge in [-0.1, -0.05) is 0 Å². The van der Waals surface area contributed by atoms with Crippen LogP contribution in [0.5, 0.6) is 0 Å². The van der Waals surface area contributed by atoms with Crippen LogP contribution in [0.25, 0.3) is 11.2 Å². The van der Waals surface area contributed by atoms with E-state index >= 15 is 0 Å². The van der Waals surface area contributed by atoms with Crippen LogP contribution in [0.4, 0.5) is 5.82 Å². The molecule has 13 heavy (non-hydrogen) atoms. The number of nitrogens with one attached hydrogen (secondary N) is 3. The van der Waals surface area contributed by atoms with Crippen LogP contribution < -0.4 is 11.1 Å². The van der Waals surface area contributed by atoms with E-state index in [-0.39, 0.29) is 5.82 Å². The number of hydrazone groups is 1. The standard InChI is InChI=1S/C5H5N7O/c1-6-10-3-2-4(11-12-9-2)8-5(13)7-3/h1H2,(H3,7,8,9,10,11,12,13). The Labute approximate surface area is 71.1 Å². The van der Waals surface area contributed by atoms with E-state index in [4.69, 9.17) is 0 Å². The van der Waals surface area contributed by atoms with E-state index < -0.39 is 5.69 Å². The summed E-state index contributed by atoms with van der Waals surface area (Å²) >= 11 is 0. The first-order chi connectivity index (χ1) is 6.31. The Morgan fingerprint density at radius 3 is 3.08 bits per heavy atom. The monoisotopic (exact) mass is 179 g/mol. The fraction of sp³-hybridized carbons (Fsp3) is 0. The zero-order valence-electron chi connectivity index (χ0n) is 6.40. The Kier molecular flexibility index (Phi) is 1.51. The van der Waals surface area contributed by atoms with Crippen LogP contribution >= 0.6 is 0 Å². The van der Waals surface area contributed by atoms with Crippen molar-refractivity contribution in [1.82, 2.24) is 25.4 Å². The van der Waals surface area contributed by atoms with E-state index in [1.54, 1.807) is 0 Å². The predicted molar refractivity (Wildman–Crippen MR) is 45.5 cm³/mol. The van der Waals surface area contributed by atoms with Gasteiger partial charge in [0.05, 0.1) is 0 Å². The minimum atomic E-state index is -0.521. The van der Waals surface area contributed by atoms with Gasteiger partial charge in [0.2, 0.25) is 0 Å². The second-order valence-corrected chi connectivity index (χ2v) is 2.18. The topological polar surface area (TPSA) is 112 Å². The third-order valence-electron chi connectivity index (χ3n) is 1.40. The third kappa shape index (κ3) is 1.13. The molecule has 8 nitrogen and oxygen atoms in total. The van der Waals surface area contributed by atoms with Gasteiger partial charge in [0.15, 0.2) is 17.0 Å². The summed E-state index contributed by atoms with van der Waals surface area (Å²) < 4.78 is 0. The highest BCUT2D eigenvalue weighted by Gasteiger charge is 2.06. The highest BCUT2D eigenvalue weighted by atomic mass is 16.1. The number of hydrogen-bond acceptors (Lipinski definition) is 6. The molecule has 0 aliphatic heterocycles. The molecule has 0 radical (unpaired) electrons. The van der Waals surface area contributed by atoms with Gasteiger partial charge in [0.1, 0.15) is 0 Å². The quantitative estimate of drug-likeness (QED) is 0.407. The number of aromatic nitrogens is 5. The van der Waals surface area contributed by atoms with Gasteiger partial charge in [-0.3, -0.25) is 10.4 Å². The number of nitrogens with zero attached hydrogens (tertiary/aromatic N) is 4. The van der Waals surface area contributed by atoms with Gasteiger partial charge in [-0.25, -0.2) is 4.79 Å². The molecule has 2 aromatic heterocycles. The average molecular weight is 179 g/mol. The maximum Gasteiger partial charge on any atom is 0.348 e.